The van der Waals surface area contributed by atoms with Crippen molar-refractivity contribution in [3.05, 3.63) is 65.0 Å². The van der Waals surface area contributed by atoms with E-state index < -0.39 is 0 Å². The van der Waals surface area contributed by atoms with Gasteiger partial charge in [0.15, 0.2) is 0 Å². The van der Waals surface area contributed by atoms with Crippen LogP contribution in [0.5, 0.6) is 0 Å². The van der Waals surface area contributed by atoms with Gasteiger partial charge in [-0.3, -0.25) is 4.79 Å². The summed E-state index contributed by atoms with van der Waals surface area (Å²) in [7, 11) is 0. The number of hydrogen-bond donors (Lipinski definition) is 1. The van der Waals surface area contributed by atoms with Crippen LogP contribution in [0.4, 0.5) is 10.1 Å². The van der Waals surface area contributed by atoms with Gasteiger partial charge in [-0.1, -0.05) is 13.0 Å². The number of nitrogens with one attached hydrogen (secondary N) is 1. The van der Waals surface area contributed by atoms with E-state index >= 15 is 0 Å². The van der Waals surface area contributed by atoms with Crippen molar-refractivity contribution in [3.8, 4) is 0 Å². The topological polar surface area (TPSA) is 44.7 Å². The first kappa shape index (κ1) is 19.1. The standard InChI is InChI=1S/C22H26FN3O/c1-5-26-20-11-6-16(12-19(20)15(2)13-22(26,3)4)14-24-25-21(27)17-7-9-18(23)10-8-17/h6-12,14-15H,5,13H2,1-4H3,(H,25,27)/b24-14+. The second kappa shape index (κ2) is 7.51. The van der Waals surface area contributed by atoms with Crippen molar-refractivity contribution in [1.82, 2.24) is 5.43 Å². The monoisotopic (exact) mass is 367 g/mol. The van der Waals surface area contributed by atoms with E-state index in [0.29, 0.717) is 11.5 Å². The molecular weight excluding hydrogens is 341 g/mol. The molecule has 0 spiro atoms. The lowest BCUT2D eigenvalue weighted by molar-refractivity contribution is 0.0955. The van der Waals surface area contributed by atoms with Crippen molar-refractivity contribution in [2.24, 2.45) is 5.10 Å². The summed E-state index contributed by atoms with van der Waals surface area (Å²) in [4.78, 5) is 14.5. The van der Waals surface area contributed by atoms with Crippen LogP contribution >= 0.6 is 0 Å². The lowest BCUT2D eigenvalue weighted by Crippen LogP contribution is -2.48. The maximum Gasteiger partial charge on any atom is 0.271 e. The Labute approximate surface area is 160 Å². The van der Waals surface area contributed by atoms with E-state index in [1.165, 1.54) is 35.5 Å². The zero-order chi connectivity index (χ0) is 19.6. The first-order chi connectivity index (χ1) is 12.8. The summed E-state index contributed by atoms with van der Waals surface area (Å²) in [6.45, 7) is 9.98. The number of halogens is 1. The number of hydrogen-bond acceptors (Lipinski definition) is 3. The molecular formula is C22H26FN3O. The van der Waals surface area contributed by atoms with Crippen LogP contribution in [-0.2, 0) is 0 Å². The maximum absolute atomic E-state index is 12.9. The minimum absolute atomic E-state index is 0.139. The molecule has 1 atom stereocenters. The van der Waals surface area contributed by atoms with Crippen molar-refractivity contribution < 1.29 is 9.18 Å². The number of carbonyl (C=O) groups excluding carboxylic acids is 1. The van der Waals surface area contributed by atoms with Crippen LogP contribution in [0.3, 0.4) is 0 Å². The molecule has 1 N–H and O–H groups in total. The van der Waals surface area contributed by atoms with Crippen LogP contribution in [-0.4, -0.2) is 24.2 Å². The number of hydrazone groups is 1. The van der Waals surface area contributed by atoms with Gasteiger partial charge in [0.1, 0.15) is 5.82 Å². The SMILES string of the molecule is CCN1c2ccc(/C=N/NC(=O)c3ccc(F)cc3)cc2C(C)CC1(C)C. The Hall–Kier alpha value is -2.69. The van der Waals surface area contributed by atoms with E-state index in [9.17, 15) is 9.18 Å². The molecule has 0 aromatic heterocycles. The Morgan fingerprint density at radius 1 is 1.30 bits per heavy atom. The predicted octanol–water partition coefficient (Wildman–Crippen LogP) is 4.70. The Morgan fingerprint density at radius 3 is 2.67 bits per heavy atom. The highest BCUT2D eigenvalue weighted by Gasteiger charge is 2.35. The first-order valence-electron chi connectivity index (χ1n) is 9.32. The molecule has 4 nitrogen and oxygen atoms in total. The van der Waals surface area contributed by atoms with Crippen LogP contribution in [0.2, 0.25) is 0 Å². The molecule has 0 radical (unpaired) electrons. The molecule has 3 rings (SSSR count). The zero-order valence-corrected chi connectivity index (χ0v) is 16.3. The predicted molar refractivity (Wildman–Crippen MR) is 108 cm³/mol. The quantitative estimate of drug-likeness (QED) is 0.629. The minimum Gasteiger partial charge on any atom is -0.366 e. The van der Waals surface area contributed by atoms with Crippen LogP contribution in [0, 0.1) is 5.82 Å². The molecule has 27 heavy (non-hydrogen) atoms. The summed E-state index contributed by atoms with van der Waals surface area (Å²) in [5.74, 6) is -0.279. The molecule has 1 heterocycles. The highest BCUT2D eigenvalue weighted by molar-refractivity contribution is 5.94. The number of amides is 1. The highest BCUT2D eigenvalue weighted by Crippen LogP contribution is 2.43. The number of nitrogens with zero attached hydrogens (tertiary/aromatic N) is 2. The number of benzene rings is 2. The Kier molecular flexibility index (Phi) is 5.31. The summed E-state index contributed by atoms with van der Waals surface area (Å²) in [5, 5.41) is 4.05. The van der Waals surface area contributed by atoms with E-state index in [1.54, 1.807) is 6.21 Å². The highest BCUT2D eigenvalue weighted by atomic mass is 19.1. The molecule has 5 heteroatoms. The summed E-state index contributed by atoms with van der Waals surface area (Å²) in [5.41, 5.74) is 6.52. The van der Waals surface area contributed by atoms with Crippen molar-refractivity contribution in [2.45, 2.75) is 45.6 Å². The fraction of sp³-hybridized carbons (Fsp3) is 0.364. The third-order valence-corrected chi connectivity index (χ3v) is 5.21. The van der Waals surface area contributed by atoms with Gasteiger partial charge in [0.05, 0.1) is 6.21 Å². The first-order valence-corrected chi connectivity index (χ1v) is 9.32. The van der Waals surface area contributed by atoms with Crippen molar-refractivity contribution in [1.29, 1.82) is 0 Å². The molecule has 0 fully saturated rings. The minimum atomic E-state index is -0.373. The van der Waals surface area contributed by atoms with E-state index in [4.69, 9.17) is 0 Å². The molecule has 1 unspecified atom stereocenters. The summed E-state index contributed by atoms with van der Waals surface area (Å²) in [6, 6.07) is 11.7. The van der Waals surface area contributed by atoms with E-state index in [2.05, 4.69) is 55.3 Å². The molecule has 1 amide bonds. The molecule has 1 aliphatic rings. The van der Waals surface area contributed by atoms with E-state index in [-0.39, 0.29) is 17.3 Å². The molecule has 142 valence electrons. The lowest BCUT2D eigenvalue weighted by Gasteiger charge is -2.47. The molecule has 0 saturated heterocycles. The molecule has 2 aromatic carbocycles. The summed E-state index contributed by atoms with van der Waals surface area (Å²) in [6.07, 6.45) is 2.74. The zero-order valence-electron chi connectivity index (χ0n) is 16.3. The van der Waals surface area contributed by atoms with E-state index in [1.807, 2.05) is 6.07 Å². The van der Waals surface area contributed by atoms with Crippen LogP contribution in [0.25, 0.3) is 0 Å². The van der Waals surface area contributed by atoms with Crippen LogP contribution in [0.15, 0.2) is 47.6 Å². The summed E-state index contributed by atoms with van der Waals surface area (Å²) < 4.78 is 12.9. The number of fused-ring (bicyclic) bond motifs is 1. The fourth-order valence-electron chi connectivity index (χ4n) is 4.02. The van der Waals surface area contributed by atoms with Gasteiger partial charge in [-0.15, -0.1) is 0 Å². The van der Waals surface area contributed by atoms with Gasteiger partial charge >= 0.3 is 0 Å². The van der Waals surface area contributed by atoms with Gasteiger partial charge in [0, 0.05) is 23.3 Å². The van der Waals surface area contributed by atoms with Crippen molar-refractivity contribution in [2.75, 3.05) is 11.4 Å². The third-order valence-electron chi connectivity index (χ3n) is 5.21. The van der Waals surface area contributed by atoms with Gasteiger partial charge in [0.2, 0.25) is 0 Å². The Morgan fingerprint density at radius 2 is 2.00 bits per heavy atom. The molecule has 0 aliphatic carbocycles. The average molecular weight is 367 g/mol. The van der Waals surface area contributed by atoms with E-state index in [0.717, 1.165) is 18.5 Å². The van der Waals surface area contributed by atoms with Gasteiger partial charge in [0.25, 0.3) is 5.91 Å². The third kappa shape index (κ3) is 4.02. The second-order valence-corrected chi connectivity index (χ2v) is 7.69. The molecule has 0 bridgehead atoms. The number of rotatable bonds is 4. The summed E-state index contributed by atoms with van der Waals surface area (Å²) >= 11 is 0. The number of anilines is 1. The van der Waals surface area contributed by atoms with Gasteiger partial charge in [-0.2, -0.15) is 5.10 Å². The van der Waals surface area contributed by atoms with Crippen molar-refractivity contribution in [3.63, 3.8) is 0 Å². The van der Waals surface area contributed by atoms with Gasteiger partial charge in [-0.05, 0) is 80.6 Å². The largest absolute Gasteiger partial charge is 0.366 e. The van der Waals surface area contributed by atoms with Gasteiger partial charge < -0.3 is 4.90 Å². The molecule has 0 saturated carbocycles. The Balaban J connectivity index is 1.75. The second-order valence-electron chi connectivity index (χ2n) is 7.69. The lowest BCUT2D eigenvalue weighted by atomic mass is 9.79. The Bertz CT molecular complexity index is 858. The normalized spacial score (nSPS) is 18.4. The van der Waals surface area contributed by atoms with Crippen molar-refractivity contribution >= 4 is 17.8 Å². The smallest absolute Gasteiger partial charge is 0.271 e. The fourth-order valence-corrected chi connectivity index (χ4v) is 4.02. The van der Waals surface area contributed by atoms with Gasteiger partial charge in [-0.25, -0.2) is 9.82 Å². The van der Waals surface area contributed by atoms with Crippen LogP contribution < -0.4 is 10.3 Å². The van der Waals surface area contributed by atoms with Crippen LogP contribution in [0.1, 0.15) is 61.5 Å². The molecule has 1 aliphatic heterocycles. The maximum atomic E-state index is 12.9. The average Bonchev–Trinajstić information content (AvgIpc) is 2.62. The molecule has 2 aromatic rings. The number of carbonyl (C=O) groups is 1.